The summed E-state index contributed by atoms with van der Waals surface area (Å²) in [4.78, 5) is 0. The topological polar surface area (TPSA) is 18.5 Å². The van der Waals surface area contributed by atoms with Crippen molar-refractivity contribution in [3.8, 4) is 5.75 Å². The number of hydrogen-bond acceptors (Lipinski definition) is 2. The van der Waals surface area contributed by atoms with Gasteiger partial charge in [0.1, 0.15) is 0 Å². The molecule has 2 nitrogen and oxygen atoms in total. The van der Waals surface area contributed by atoms with Crippen molar-refractivity contribution < 1.29 is 9.47 Å². The van der Waals surface area contributed by atoms with E-state index in [0.717, 1.165) is 0 Å². The molecule has 5 heteroatoms. The highest BCUT2D eigenvalue weighted by atomic mass is 79.9. The Labute approximate surface area is 94.9 Å². The molecule has 0 fully saturated rings. The molecule has 0 atom stereocenters. The van der Waals surface area contributed by atoms with E-state index in [1.54, 1.807) is 12.1 Å². The van der Waals surface area contributed by atoms with E-state index in [9.17, 15) is 0 Å². The molecule has 0 spiro atoms. The highest BCUT2D eigenvalue weighted by molar-refractivity contribution is 9.10. The zero-order chi connectivity index (χ0) is 9.84. The third-order valence-corrected chi connectivity index (χ3v) is 2.37. The molecule has 1 rings (SSSR count). The van der Waals surface area contributed by atoms with Crippen LogP contribution in [0.3, 0.4) is 0 Å². The third-order valence-electron chi connectivity index (χ3n) is 1.28. The van der Waals surface area contributed by atoms with Crippen LogP contribution in [0.15, 0.2) is 16.6 Å². The molecule has 13 heavy (non-hydrogen) atoms. The lowest BCUT2D eigenvalue weighted by Crippen LogP contribution is -1.99. The fraction of sp³-hybridized carbons (Fsp3) is 0.250. The number of rotatable bonds is 3. The first kappa shape index (κ1) is 11.1. The van der Waals surface area contributed by atoms with Crippen LogP contribution in [0.4, 0.5) is 0 Å². The number of methoxy groups -OCH3 is 1. The van der Waals surface area contributed by atoms with Crippen molar-refractivity contribution in [1.29, 1.82) is 0 Å². The van der Waals surface area contributed by atoms with Gasteiger partial charge in [0.05, 0.1) is 9.50 Å². The fourth-order valence-corrected chi connectivity index (χ4v) is 2.15. The van der Waals surface area contributed by atoms with Crippen LogP contribution in [0.5, 0.6) is 5.75 Å². The zero-order valence-corrected chi connectivity index (χ0v) is 9.91. The Hall–Kier alpha value is 0.0400. The summed E-state index contributed by atoms with van der Waals surface area (Å²) in [6.07, 6.45) is 0. The van der Waals surface area contributed by atoms with Crippen molar-refractivity contribution in [2.45, 2.75) is 0 Å². The van der Waals surface area contributed by atoms with E-state index in [1.807, 2.05) is 0 Å². The van der Waals surface area contributed by atoms with E-state index in [0.29, 0.717) is 20.3 Å². The number of hydrogen-bond donors (Lipinski definition) is 0. The number of ether oxygens (including phenoxy) is 2. The Bertz CT molecular complexity index is 281. The van der Waals surface area contributed by atoms with Crippen LogP contribution >= 0.6 is 39.1 Å². The second-order valence-corrected chi connectivity index (χ2v) is 3.95. The van der Waals surface area contributed by atoms with E-state index in [2.05, 4.69) is 15.9 Å². The summed E-state index contributed by atoms with van der Waals surface area (Å²) in [5.74, 6) is 0.535. The highest BCUT2D eigenvalue weighted by Gasteiger charge is 2.07. The van der Waals surface area contributed by atoms with Crippen molar-refractivity contribution in [3.05, 3.63) is 26.7 Å². The van der Waals surface area contributed by atoms with Crippen molar-refractivity contribution >= 4 is 39.1 Å². The highest BCUT2D eigenvalue weighted by Crippen LogP contribution is 2.35. The Morgan fingerprint density at radius 1 is 1.38 bits per heavy atom. The van der Waals surface area contributed by atoms with Gasteiger partial charge in [0, 0.05) is 12.1 Å². The summed E-state index contributed by atoms with van der Waals surface area (Å²) >= 11 is 14.9. The zero-order valence-electron chi connectivity index (χ0n) is 6.81. The average Bonchev–Trinajstić information content (AvgIpc) is 2.02. The Morgan fingerprint density at radius 2 is 2.08 bits per heavy atom. The minimum absolute atomic E-state index is 0.153. The maximum atomic E-state index is 5.88. The van der Waals surface area contributed by atoms with Gasteiger partial charge < -0.3 is 9.47 Å². The van der Waals surface area contributed by atoms with Gasteiger partial charge in [0.25, 0.3) is 0 Å². The third kappa shape index (κ3) is 3.02. The van der Waals surface area contributed by atoms with Crippen LogP contribution in [-0.4, -0.2) is 13.9 Å². The van der Waals surface area contributed by atoms with Gasteiger partial charge in [-0.25, -0.2) is 0 Å². The molecular formula is C8H7BrCl2O2. The first-order chi connectivity index (χ1) is 6.15. The second-order valence-electron chi connectivity index (χ2n) is 2.25. The predicted molar refractivity (Wildman–Crippen MR) is 56.7 cm³/mol. The van der Waals surface area contributed by atoms with Crippen molar-refractivity contribution in [2.24, 2.45) is 0 Å². The number of halogens is 3. The minimum Gasteiger partial charge on any atom is -0.465 e. The summed E-state index contributed by atoms with van der Waals surface area (Å²) in [6, 6.07) is 3.32. The van der Waals surface area contributed by atoms with Crippen LogP contribution in [0.25, 0.3) is 0 Å². The van der Waals surface area contributed by atoms with Gasteiger partial charge in [-0.3, -0.25) is 0 Å². The first-order valence-corrected chi connectivity index (χ1v) is 4.96. The summed E-state index contributed by atoms with van der Waals surface area (Å²) in [5, 5.41) is 1.01. The molecule has 0 saturated carbocycles. The lowest BCUT2D eigenvalue weighted by Gasteiger charge is -2.08. The summed E-state index contributed by atoms with van der Waals surface area (Å²) < 4.78 is 10.7. The maximum Gasteiger partial charge on any atom is 0.188 e. The van der Waals surface area contributed by atoms with Gasteiger partial charge in [-0.1, -0.05) is 23.2 Å². The van der Waals surface area contributed by atoms with Crippen molar-refractivity contribution in [1.82, 2.24) is 0 Å². The Balaban J connectivity index is 2.92. The Kier molecular flexibility index (Phi) is 4.32. The van der Waals surface area contributed by atoms with Crippen LogP contribution in [0, 0.1) is 0 Å². The first-order valence-electron chi connectivity index (χ1n) is 3.41. The van der Waals surface area contributed by atoms with Crippen LogP contribution < -0.4 is 4.74 Å². The lowest BCUT2D eigenvalue weighted by atomic mass is 10.3. The molecule has 0 saturated heterocycles. The molecule has 0 unspecified atom stereocenters. The number of benzene rings is 1. The van der Waals surface area contributed by atoms with Crippen LogP contribution in [0.2, 0.25) is 10.0 Å². The van der Waals surface area contributed by atoms with Gasteiger partial charge in [0.2, 0.25) is 0 Å². The van der Waals surface area contributed by atoms with Gasteiger partial charge in [0.15, 0.2) is 12.5 Å². The monoisotopic (exact) mass is 284 g/mol. The van der Waals surface area contributed by atoms with E-state index in [1.165, 1.54) is 7.11 Å². The lowest BCUT2D eigenvalue weighted by molar-refractivity contribution is 0.0506. The standard InChI is InChI=1S/C8H7BrCl2O2/c1-12-4-13-8-6(9)2-5(10)3-7(8)11/h2-3H,4H2,1H3. The molecule has 72 valence electrons. The molecule has 0 aliphatic carbocycles. The molecule has 0 aliphatic rings. The fourth-order valence-electron chi connectivity index (χ4n) is 0.785. The SMILES string of the molecule is COCOc1c(Cl)cc(Cl)cc1Br. The molecule has 0 radical (unpaired) electrons. The normalized spacial score (nSPS) is 10.2. The quantitative estimate of drug-likeness (QED) is 0.788. The molecule has 0 amide bonds. The maximum absolute atomic E-state index is 5.88. The average molecular weight is 286 g/mol. The van der Waals surface area contributed by atoms with E-state index in [4.69, 9.17) is 32.7 Å². The van der Waals surface area contributed by atoms with Crippen molar-refractivity contribution in [3.63, 3.8) is 0 Å². The molecule has 0 bridgehead atoms. The molecule has 0 N–H and O–H groups in total. The molecule has 1 aromatic carbocycles. The van der Waals surface area contributed by atoms with Gasteiger partial charge >= 0.3 is 0 Å². The molecule has 0 heterocycles. The Morgan fingerprint density at radius 3 is 2.62 bits per heavy atom. The summed E-state index contributed by atoms with van der Waals surface area (Å²) in [6.45, 7) is 0.153. The molecule has 0 aromatic heterocycles. The molecule has 0 aliphatic heterocycles. The van der Waals surface area contributed by atoms with E-state index < -0.39 is 0 Å². The van der Waals surface area contributed by atoms with E-state index in [-0.39, 0.29) is 6.79 Å². The molecular weight excluding hydrogens is 279 g/mol. The van der Waals surface area contributed by atoms with Crippen LogP contribution in [-0.2, 0) is 4.74 Å². The van der Waals surface area contributed by atoms with Gasteiger partial charge in [-0.2, -0.15) is 0 Å². The summed E-state index contributed by atoms with van der Waals surface area (Å²) in [7, 11) is 1.54. The summed E-state index contributed by atoms with van der Waals surface area (Å²) in [5.41, 5.74) is 0. The van der Waals surface area contributed by atoms with Crippen molar-refractivity contribution in [2.75, 3.05) is 13.9 Å². The van der Waals surface area contributed by atoms with Gasteiger partial charge in [-0.15, -0.1) is 0 Å². The smallest absolute Gasteiger partial charge is 0.188 e. The van der Waals surface area contributed by atoms with Crippen LogP contribution in [0.1, 0.15) is 0 Å². The van der Waals surface area contributed by atoms with Gasteiger partial charge in [-0.05, 0) is 28.1 Å². The molecule has 1 aromatic rings. The predicted octanol–water partition coefficient (Wildman–Crippen LogP) is 3.74. The second kappa shape index (κ2) is 5.05. The van der Waals surface area contributed by atoms with E-state index >= 15 is 0 Å². The largest absolute Gasteiger partial charge is 0.465 e. The minimum atomic E-state index is 0.153.